The molecular weight excluding hydrogens is 335 g/mol. The van der Waals surface area contributed by atoms with Crippen molar-refractivity contribution in [3.05, 3.63) is 0 Å². The Morgan fingerprint density at radius 1 is 1.08 bits per heavy atom. The third-order valence-corrected chi connectivity index (χ3v) is 2.89. The average Bonchev–Trinajstić information content (AvgIpc) is 2.08. The summed E-state index contributed by atoms with van der Waals surface area (Å²) in [6, 6.07) is 0. The van der Waals surface area contributed by atoms with Gasteiger partial charge in [-0.1, -0.05) is 0 Å². The van der Waals surface area contributed by atoms with Crippen molar-refractivity contribution in [1.29, 1.82) is 0 Å². The standard InChI is InChI=1S/C3H10O3Si.C3H8Se.Ag/c1-4-7(5-2)6-3;1-2-3-4;/h7H,1-3H3;4H,2-3H2,1H3;. The molecule has 0 N–H and O–H groups in total. The number of hydrogen-bond acceptors (Lipinski definition) is 3. The molecular formula is C6H18AgO3SeSi. The van der Waals surface area contributed by atoms with Gasteiger partial charge in [-0.15, -0.1) is 0 Å². The fourth-order valence-electron chi connectivity index (χ4n) is 0.289. The average molecular weight is 353 g/mol. The molecule has 0 amide bonds. The first-order valence-corrected chi connectivity index (χ1v) is 6.20. The van der Waals surface area contributed by atoms with Crippen molar-refractivity contribution in [3.8, 4) is 0 Å². The molecule has 81 valence electrons. The summed E-state index contributed by atoms with van der Waals surface area (Å²) in [6.45, 7) is 2.16. The predicted molar refractivity (Wildman–Crippen MR) is 50.4 cm³/mol. The maximum Gasteiger partial charge on any atom is 0.483 e. The molecule has 0 aliphatic rings. The molecule has 1 radical (unpaired) electrons. The molecule has 0 aromatic rings. The Bertz CT molecular complexity index is 59.2. The molecule has 0 rings (SSSR count). The molecule has 12 heavy (non-hydrogen) atoms. The van der Waals surface area contributed by atoms with E-state index in [0.29, 0.717) is 0 Å². The van der Waals surface area contributed by atoms with Crippen molar-refractivity contribution in [2.75, 3.05) is 21.3 Å². The van der Waals surface area contributed by atoms with Crippen LogP contribution in [0.2, 0.25) is 5.32 Å². The molecule has 0 fully saturated rings. The third-order valence-electron chi connectivity index (χ3n) is 0.801. The second kappa shape index (κ2) is 18.2. The summed E-state index contributed by atoms with van der Waals surface area (Å²) in [7, 11) is 3.05. The Balaban J connectivity index is -0.000000142. The summed E-state index contributed by atoms with van der Waals surface area (Å²) in [5.41, 5.74) is 0. The van der Waals surface area contributed by atoms with E-state index < -0.39 is 9.53 Å². The fraction of sp³-hybridized carbons (Fsp3) is 1.00. The first kappa shape index (κ1) is 19.0. The largest absolute Gasteiger partial charge is 0.483 e. The van der Waals surface area contributed by atoms with Gasteiger partial charge in [0.2, 0.25) is 0 Å². The minimum Gasteiger partial charge on any atom is -0.379 e. The van der Waals surface area contributed by atoms with Crippen molar-refractivity contribution in [1.82, 2.24) is 0 Å². The Morgan fingerprint density at radius 2 is 1.33 bits per heavy atom. The number of hydrogen-bond donors (Lipinski definition) is 0. The van der Waals surface area contributed by atoms with Gasteiger partial charge in [-0.25, -0.2) is 0 Å². The molecule has 0 spiro atoms. The van der Waals surface area contributed by atoms with E-state index in [4.69, 9.17) is 13.3 Å². The van der Waals surface area contributed by atoms with Crippen LogP contribution in [0, 0.1) is 0 Å². The summed E-state index contributed by atoms with van der Waals surface area (Å²) < 4.78 is 14.2. The van der Waals surface area contributed by atoms with Crippen molar-refractivity contribution in [2.24, 2.45) is 0 Å². The first-order valence-electron chi connectivity index (χ1n) is 3.46. The molecule has 6 heteroatoms. The van der Waals surface area contributed by atoms with Gasteiger partial charge in [0.1, 0.15) is 0 Å². The Kier molecular flexibility index (Phi) is 28.8. The van der Waals surface area contributed by atoms with Gasteiger partial charge >= 0.3 is 44.2 Å². The normalized spacial score (nSPS) is 8.50. The van der Waals surface area contributed by atoms with E-state index >= 15 is 0 Å². The van der Waals surface area contributed by atoms with Crippen LogP contribution in [0.15, 0.2) is 0 Å². The van der Waals surface area contributed by atoms with E-state index in [-0.39, 0.29) is 22.4 Å². The van der Waals surface area contributed by atoms with Crippen LogP contribution in [0.1, 0.15) is 13.3 Å². The molecule has 0 atom stereocenters. The molecule has 0 saturated carbocycles. The van der Waals surface area contributed by atoms with Gasteiger partial charge in [0.15, 0.2) is 0 Å². The molecule has 0 unspecified atom stereocenters. The summed E-state index contributed by atoms with van der Waals surface area (Å²) >= 11 is 2.54. The zero-order valence-corrected chi connectivity index (χ0v) is 12.5. The van der Waals surface area contributed by atoms with Gasteiger partial charge < -0.3 is 13.3 Å². The summed E-state index contributed by atoms with van der Waals surface area (Å²) in [5, 5.41) is 1.26. The minimum absolute atomic E-state index is 0. The Morgan fingerprint density at radius 3 is 1.33 bits per heavy atom. The molecule has 0 heterocycles. The van der Waals surface area contributed by atoms with Gasteiger partial charge in [0.05, 0.1) is 0 Å². The van der Waals surface area contributed by atoms with E-state index in [0.717, 1.165) is 0 Å². The molecule has 0 aliphatic carbocycles. The van der Waals surface area contributed by atoms with E-state index in [9.17, 15) is 0 Å². The Labute approximate surface area is 101 Å². The maximum absolute atomic E-state index is 4.74. The molecule has 3 nitrogen and oxygen atoms in total. The van der Waals surface area contributed by atoms with Crippen molar-refractivity contribution < 1.29 is 35.7 Å². The smallest absolute Gasteiger partial charge is 0.379 e. The van der Waals surface area contributed by atoms with E-state index in [2.05, 4.69) is 22.9 Å². The minimum atomic E-state index is -1.67. The third kappa shape index (κ3) is 17.4. The van der Waals surface area contributed by atoms with Crippen LogP contribution in [0.25, 0.3) is 0 Å². The monoisotopic (exact) mass is 353 g/mol. The van der Waals surface area contributed by atoms with E-state index in [1.54, 1.807) is 21.3 Å². The zero-order valence-electron chi connectivity index (χ0n) is 7.97. The van der Waals surface area contributed by atoms with Gasteiger partial charge in [0, 0.05) is 43.7 Å². The van der Waals surface area contributed by atoms with E-state index in [1.807, 2.05) is 0 Å². The molecule has 0 saturated heterocycles. The molecule has 0 bridgehead atoms. The molecule has 0 aromatic heterocycles. The van der Waals surface area contributed by atoms with Crippen LogP contribution in [0.5, 0.6) is 0 Å². The maximum atomic E-state index is 4.74. The van der Waals surface area contributed by atoms with Crippen LogP contribution in [-0.2, 0) is 35.7 Å². The van der Waals surface area contributed by atoms with Gasteiger partial charge in [-0.05, 0) is 0 Å². The fourth-order valence-corrected chi connectivity index (χ4v) is 0.866. The summed E-state index contributed by atoms with van der Waals surface area (Å²) in [5.74, 6) is 0. The van der Waals surface area contributed by atoms with Crippen LogP contribution >= 0.6 is 0 Å². The second-order valence-corrected chi connectivity index (χ2v) is 4.65. The quantitative estimate of drug-likeness (QED) is 0.683. The van der Waals surface area contributed by atoms with Gasteiger partial charge in [-0.3, -0.25) is 0 Å². The topological polar surface area (TPSA) is 27.7 Å². The van der Waals surface area contributed by atoms with Crippen LogP contribution in [0.4, 0.5) is 0 Å². The van der Waals surface area contributed by atoms with Crippen LogP contribution < -0.4 is 0 Å². The van der Waals surface area contributed by atoms with Gasteiger partial charge in [0.25, 0.3) is 0 Å². The molecule has 0 aliphatic heterocycles. The summed E-state index contributed by atoms with van der Waals surface area (Å²) in [4.78, 5) is 0. The van der Waals surface area contributed by atoms with Crippen LogP contribution in [-0.4, -0.2) is 46.9 Å². The second-order valence-electron chi connectivity index (χ2n) is 1.72. The molecule has 0 aromatic carbocycles. The number of rotatable bonds is 4. The predicted octanol–water partition coefficient (Wildman–Crippen LogP) is 0.356. The van der Waals surface area contributed by atoms with Crippen molar-refractivity contribution >= 4 is 25.5 Å². The summed E-state index contributed by atoms with van der Waals surface area (Å²) in [6.07, 6.45) is 1.29. The van der Waals surface area contributed by atoms with Crippen LogP contribution in [0.3, 0.4) is 0 Å². The zero-order chi connectivity index (χ0) is 9.11. The van der Waals surface area contributed by atoms with Gasteiger partial charge in [-0.2, -0.15) is 0 Å². The van der Waals surface area contributed by atoms with E-state index in [1.165, 1.54) is 11.7 Å². The Hall–Kier alpha value is 1.36. The van der Waals surface area contributed by atoms with Crippen molar-refractivity contribution in [2.45, 2.75) is 18.7 Å². The first-order chi connectivity index (χ1) is 5.26. The van der Waals surface area contributed by atoms with Crippen molar-refractivity contribution in [3.63, 3.8) is 0 Å². The SMILES string of the molecule is CCC[SeH].CO[SiH](OC)OC.[Ag].